The second-order valence-corrected chi connectivity index (χ2v) is 5.13. The van der Waals surface area contributed by atoms with Gasteiger partial charge >= 0.3 is 0 Å². The molecular formula is C15H22ClFN2O2. The van der Waals surface area contributed by atoms with Gasteiger partial charge in [0, 0.05) is 0 Å². The van der Waals surface area contributed by atoms with Crippen LogP contribution in [0.15, 0.2) is 18.2 Å². The predicted molar refractivity (Wildman–Crippen MR) is 82.4 cm³/mol. The number of ether oxygens (including phenoxy) is 1. The number of hydrogen-bond donors (Lipinski definition) is 2. The van der Waals surface area contributed by atoms with Crippen LogP contribution in [0, 0.1) is 5.82 Å². The molecule has 1 saturated heterocycles. The normalized spacial score (nSPS) is 19.3. The van der Waals surface area contributed by atoms with Gasteiger partial charge in [0.2, 0.25) is 5.91 Å². The van der Waals surface area contributed by atoms with E-state index in [2.05, 4.69) is 10.6 Å². The Morgan fingerprint density at radius 3 is 2.81 bits per heavy atom. The Kier molecular flexibility index (Phi) is 6.92. The molecule has 6 heteroatoms. The average Bonchev–Trinajstić information content (AvgIpc) is 2.48. The van der Waals surface area contributed by atoms with E-state index >= 15 is 0 Å². The highest BCUT2D eigenvalue weighted by Crippen LogP contribution is 2.22. The van der Waals surface area contributed by atoms with E-state index in [-0.39, 0.29) is 36.1 Å². The maximum atomic E-state index is 13.7. The van der Waals surface area contributed by atoms with Crippen LogP contribution >= 0.6 is 12.4 Å². The zero-order valence-corrected chi connectivity index (χ0v) is 13.1. The summed E-state index contributed by atoms with van der Waals surface area (Å²) < 4.78 is 18.5. The van der Waals surface area contributed by atoms with Crippen LogP contribution in [0.3, 0.4) is 0 Å². The summed E-state index contributed by atoms with van der Waals surface area (Å²) in [6.07, 6.45) is 3.04. The summed E-state index contributed by atoms with van der Waals surface area (Å²) in [5.74, 6) is -0.225. The fourth-order valence-electron chi connectivity index (χ4n) is 2.42. The number of methoxy groups -OCH3 is 1. The molecule has 2 atom stereocenters. The lowest BCUT2D eigenvalue weighted by Gasteiger charge is -2.24. The van der Waals surface area contributed by atoms with Crippen LogP contribution in [0.1, 0.15) is 37.8 Å². The van der Waals surface area contributed by atoms with Crippen LogP contribution in [0.25, 0.3) is 0 Å². The Morgan fingerprint density at radius 2 is 2.24 bits per heavy atom. The number of hydrogen-bond acceptors (Lipinski definition) is 3. The summed E-state index contributed by atoms with van der Waals surface area (Å²) in [5.41, 5.74) is 0.729. The molecule has 21 heavy (non-hydrogen) atoms. The van der Waals surface area contributed by atoms with Crippen LogP contribution < -0.4 is 15.4 Å². The van der Waals surface area contributed by atoms with E-state index in [9.17, 15) is 9.18 Å². The van der Waals surface area contributed by atoms with Gasteiger partial charge < -0.3 is 15.4 Å². The van der Waals surface area contributed by atoms with Crippen molar-refractivity contribution in [2.75, 3.05) is 13.7 Å². The molecule has 0 aliphatic carbocycles. The highest BCUT2D eigenvalue weighted by Gasteiger charge is 2.22. The Bertz CT molecular complexity index is 479. The summed E-state index contributed by atoms with van der Waals surface area (Å²) in [5, 5.41) is 6.12. The third-order valence-corrected chi connectivity index (χ3v) is 3.66. The first-order valence-electron chi connectivity index (χ1n) is 6.99. The molecule has 1 aromatic rings. The molecule has 0 radical (unpaired) electrons. The number of benzene rings is 1. The monoisotopic (exact) mass is 316 g/mol. The first-order valence-corrected chi connectivity index (χ1v) is 6.99. The second-order valence-electron chi connectivity index (χ2n) is 5.13. The SMILES string of the molecule is COc1ccc(C(C)NC(=O)[C@H]2CCCCN2)cc1F.Cl. The number of halogens is 2. The van der Waals surface area contributed by atoms with E-state index in [0.29, 0.717) is 0 Å². The van der Waals surface area contributed by atoms with Crippen molar-refractivity contribution in [1.82, 2.24) is 10.6 Å². The van der Waals surface area contributed by atoms with Crippen molar-refractivity contribution in [2.45, 2.75) is 38.3 Å². The largest absolute Gasteiger partial charge is 0.494 e. The molecule has 4 nitrogen and oxygen atoms in total. The van der Waals surface area contributed by atoms with E-state index in [1.165, 1.54) is 13.2 Å². The van der Waals surface area contributed by atoms with Gasteiger partial charge in [0.15, 0.2) is 11.6 Å². The molecule has 1 fully saturated rings. The Balaban J connectivity index is 0.00000220. The molecule has 0 bridgehead atoms. The molecule has 1 aliphatic rings. The van der Waals surface area contributed by atoms with Crippen LogP contribution in [-0.4, -0.2) is 25.6 Å². The third kappa shape index (κ3) is 4.58. The van der Waals surface area contributed by atoms with Crippen LogP contribution in [0.4, 0.5) is 4.39 Å². The molecule has 1 aromatic carbocycles. The molecule has 1 aliphatic heterocycles. The molecule has 1 heterocycles. The van der Waals surface area contributed by atoms with Crippen molar-refractivity contribution in [3.05, 3.63) is 29.6 Å². The molecular weight excluding hydrogens is 295 g/mol. The number of amides is 1. The molecule has 118 valence electrons. The molecule has 1 unspecified atom stereocenters. The maximum Gasteiger partial charge on any atom is 0.237 e. The van der Waals surface area contributed by atoms with E-state index in [1.54, 1.807) is 12.1 Å². The molecule has 2 rings (SSSR count). The smallest absolute Gasteiger partial charge is 0.237 e. The lowest BCUT2D eigenvalue weighted by molar-refractivity contribution is -0.124. The Hall–Kier alpha value is -1.33. The number of rotatable bonds is 4. The Morgan fingerprint density at radius 1 is 1.48 bits per heavy atom. The van der Waals surface area contributed by atoms with Crippen LogP contribution in [0.5, 0.6) is 5.75 Å². The van der Waals surface area contributed by atoms with E-state index in [1.807, 2.05) is 6.92 Å². The number of carbonyl (C=O) groups is 1. The van der Waals surface area contributed by atoms with Gasteiger partial charge in [0.05, 0.1) is 19.2 Å². The first-order chi connectivity index (χ1) is 9.61. The predicted octanol–water partition coefficient (Wildman–Crippen LogP) is 2.58. The van der Waals surface area contributed by atoms with Crippen molar-refractivity contribution in [1.29, 1.82) is 0 Å². The summed E-state index contributed by atoms with van der Waals surface area (Å²) in [4.78, 5) is 12.1. The minimum Gasteiger partial charge on any atom is -0.494 e. The van der Waals surface area contributed by atoms with E-state index in [0.717, 1.165) is 31.4 Å². The molecule has 0 aromatic heterocycles. The summed E-state index contributed by atoms with van der Waals surface area (Å²) in [7, 11) is 1.43. The van der Waals surface area contributed by atoms with Gasteiger partial charge in [0.1, 0.15) is 0 Å². The Labute approximate surface area is 130 Å². The number of piperidine rings is 1. The first kappa shape index (κ1) is 17.7. The van der Waals surface area contributed by atoms with Crippen molar-refractivity contribution in [2.24, 2.45) is 0 Å². The fraction of sp³-hybridized carbons (Fsp3) is 0.533. The van der Waals surface area contributed by atoms with Gasteiger partial charge in [-0.1, -0.05) is 12.5 Å². The quantitative estimate of drug-likeness (QED) is 0.897. The molecule has 1 amide bonds. The molecule has 0 spiro atoms. The van der Waals surface area contributed by atoms with Crippen LogP contribution in [0.2, 0.25) is 0 Å². The molecule has 0 saturated carbocycles. The van der Waals surface area contributed by atoms with Crippen molar-refractivity contribution >= 4 is 18.3 Å². The van der Waals surface area contributed by atoms with Gasteiger partial charge in [0.25, 0.3) is 0 Å². The fourth-order valence-corrected chi connectivity index (χ4v) is 2.42. The number of carbonyl (C=O) groups excluding carboxylic acids is 1. The van der Waals surface area contributed by atoms with Gasteiger partial charge in [-0.2, -0.15) is 0 Å². The third-order valence-electron chi connectivity index (χ3n) is 3.66. The van der Waals surface area contributed by atoms with Crippen molar-refractivity contribution in [3.63, 3.8) is 0 Å². The minimum atomic E-state index is -0.415. The highest BCUT2D eigenvalue weighted by molar-refractivity contribution is 5.85. The van der Waals surface area contributed by atoms with Gasteiger partial charge in [-0.3, -0.25) is 4.79 Å². The summed E-state index contributed by atoms with van der Waals surface area (Å²) >= 11 is 0. The van der Waals surface area contributed by atoms with Crippen molar-refractivity contribution in [3.8, 4) is 5.75 Å². The highest BCUT2D eigenvalue weighted by atomic mass is 35.5. The van der Waals surface area contributed by atoms with Gasteiger partial charge in [-0.15, -0.1) is 12.4 Å². The average molecular weight is 317 g/mol. The zero-order chi connectivity index (χ0) is 14.5. The lowest BCUT2D eigenvalue weighted by atomic mass is 10.0. The topological polar surface area (TPSA) is 50.4 Å². The zero-order valence-electron chi connectivity index (χ0n) is 12.3. The van der Waals surface area contributed by atoms with Crippen molar-refractivity contribution < 1.29 is 13.9 Å². The minimum absolute atomic E-state index is 0. The van der Waals surface area contributed by atoms with Gasteiger partial charge in [-0.05, 0) is 44.0 Å². The summed E-state index contributed by atoms with van der Waals surface area (Å²) in [6.45, 7) is 2.73. The van der Waals surface area contributed by atoms with E-state index in [4.69, 9.17) is 4.74 Å². The van der Waals surface area contributed by atoms with Gasteiger partial charge in [-0.25, -0.2) is 4.39 Å². The molecule has 2 N–H and O–H groups in total. The number of nitrogens with one attached hydrogen (secondary N) is 2. The second kappa shape index (κ2) is 8.20. The lowest BCUT2D eigenvalue weighted by Crippen LogP contribution is -2.47. The van der Waals surface area contributed by atoms with Crippen LogP contribution in [-0.2, 0) is 4.79 Å². The summed E-state index contributed by atoms with van der Waals surface area (Å²) in [6, 6.07) is 4.38. The van der Waals surface area contributed by atoms with E-state index < -0.39 is 5.82 Å². The standard InChI is InChI=1S/C15H21FN2O2.ClH/c1-10(11-6-7-14(20-2)12(16)9-11)18-15(19)13-5-3-4-8-17-13;/h6-7,9-10,13,17H,3-5,8H2,1-2H3,(H,18,19);1H/t10?,13-;/m1./s1. The maximum absolute atomic E-state index is 13.7.